The number of nitrogens with zero attached hydrogens (tertiary/aromatic N) is 2. The van der Waals surface area contributed by atoms with Crippen molar-refractivity contribution in [3.05, 3.63) is 30.5 Å². The molecule has 1 aromatic heterocycles. The van der Waals surface area contributed by atoms with Crippen molar-refractivity contribution in [2.75, 3.05) is 18.5 Å². The highest BCUT2D eigenvalue weighted by Crippen LogP contribution is 2.21. The average molecular weight is 245 g/mol. The van der Waals surface area contributed by atoms with Crippen molar-refractivity contribution in [1.82, 2.24) is 10.2 Å². The van der Waals surface area contributed by atoms with E-state index in [1.807, 2.05) is 31.2 Å². The van der Waals surface area contributed by atoms with Gasteiger partial charge in [-0.2, -0.15) is 10.2 Å². The number of ether oxygens (including phenoxy) is 1. The van der Waals surface area contributed by atoms with E-state index in [2.05, 4.69) is 29.4 Å². The molecule has 0 aliphatic rings. The summed E-state index contributed by atoms with van der Waals surface area (Å²) < 4.78 is 5.66. The molecule has 0 aliphatic heterocycles. The first-order chi connectivity index (χ1) is 8.62. The summed E-state index contributed by atoms with van der Waals surface area (Å²) in [5.41, 5.74) is 1.70. The lowest BCUT2D eigenvalue weighted by Gasteiger charge is -2.25. The van der Waals surface area contributed by atoms with Crippen molar-refractivity contribution in [3.8, 4) is 0 Å². The van der Waals surface area contributed by atoms with E-state index in [0.717, 1.165) is 23.1 Å². The minimum Gasteiger partial charge on any atom is -0.380 e. The number of rotatable bonds is 5. The summed E-state index contributed by atoms with van der Waals surface area (Å²) in [4.78, 5) is 0. The van der Waals surface area contributed by atoms with E-state index >= 15 is 0 Å². The molecule has 96 valence electrons. The first kappa shape index (κ1) is 12.8. The van der Waals surface area contributed by atoms with Gasteiger partial charge in [-0.25, -0.2) is 0 Å². The van der Waals surface area contributed by atoms with Crippen LogP contribution in [0, 0.1) is 0 Å². The molecule has 0 radical (unpaired) electrons. The van der Waals surface area contributed by atoms with Crippen LogP contribution in [0.15, 0.2) is 30.5 Å². The van der Waals surface area contributed by atoms with Gasteiger partial charge < -0.3 is 10.1 Å². The third kappa shape index (κ3) is 2.96. The number of anilines is 1. The van der Waals surface area contributed by atoms with Gasteiger partial charge in [-0.15, -0.1) is 0 Å². The van der Waals surface area contributed by atoms with Crippen molar-refractivity contribution < 1.29 is 4.74 Å². The van der Waals surface area contributed by atoms with Crippen LogP contribution in [0.5, 0.6) is 0 Å². The topological polar surface area (TPSA) is 47.0 Å². The van der Waals surface area contributed by atoms with Gasteiger partial charge in [0.1, 0.15) is 0 Å². The summed E-state index contributed by atoms with van der Waals surface area (Å²) in [6.07, 6.45) is 1.75. The Labute approximate surface area is 107 Å². The monoisotopic (exact) mass is 245 g/mol. The summed E-state index contributed by atoms with van der Waals surface area (Å²) in [5.74, 6) is 0. The first-order valence-corrected chi connectivity index (χ1v) is 6.20. The lowest BCUT2D eigenvalue weighted by molar-refractivity contribution is 0.000714. The molecule has 4 heteroatoms. The summed E-state index contributed by atoms with van der Waals surface area (Å²) in [7, 11) is 0. The Balaban J connectivity index is 2.17. The molecule has 0 unspecified atom stereocenters. The molecule has 4 nitrogen and oxygen atoms in total. The second kappa shape index (κ2) is 5.31. The average Bonchev–Trinajstić information content (AvgIpc) is 2.36. The van der Waals surface area contributed by atoms with Crippen molar-refractivity contribution in [1.29, 1.82) is 0 Å². The zero-order valence-corrected chi connectivity index (χ0v) is 11.1. The van der Waals surface area contributed by atoms with E-state index < -0.39 is 0 Å². The molecule has 1 heterocycles. The predicted molar refractivity (Wildman–Crippen MR) is 73.7 cm³/mol. The Morgan fingerprint density at radius 1 is 1.28 bits per heavy atom. The predicted octanol–water partition coefficient (Wildman–Crippen LogP) is 2.86. The number of aromatic nitrogens is 2. The van der Waals surface area contributed by atoms with Gasteiger partial charge in [-0.05, 0) is 26.8 Å². The molecule has 0 amide bonds. The van der Waals surface area contributed by atoms with Crippen molar-refractivity contribution in [2.24, 2.45) is 0 Å². The van der Waals surface area contributed by atoms with E-state index in [1.165, 1.54) is 0 Å². The molecule has 0 fully saturated rings. The van der Waals surface area contributed by atoms with Crippen LogP contribution in [0.1, 0.15) is 20.8 Å². The highest BCUT2D eigenvalue weighted by atomic mass is 16.5. The van der Waals surface area contributed by atoms with E-state index in [4.69, 9.17) is 4.74 Å². The highest BCUT2D eigenvalue weighted by molar-refractivity contribution is 5.90. The van der Waals surface area contributed by atoms with Gasteiger partial charge in [0.25, 0.3) is 0 Å². The smallest absolute Gasteiger partial charge is 0.0950 e. The minimum absolute atomic E-state index is 0.195. The summed E-state index contributed by atoms with van der Waals surface area (Å²) in [6, 6.07) is 7.97. The van der Waals surface area contributed by atoms with Crippen molar-refractivity contribution in [2.45, 2.75) is 26.4 Å². The fourth-order valence-corrected chi connectivity index (χ4v) is 1.90. The fraction of sp³-hybridized carbons (Fsp3) is 0.429. The largest absolute Gasteiger partial charge is 0.380 e. The second-order valence-electron chi connectivity index (χ2n) is 4.82. The fourth-order valence-electron chi connectivity index (χ4n) is 1.90. The molecular formula is C14H19N3O. The SMILES string of the molecule is CCOC(C)(C)CNc1cnnc2ccccc12. The quantitative estimate of drug-likeness (QED) is 0.880. The molecule has 0 spiro atoms. The summed E-state index contributed by atoms with van der Waals surface area (Å²) in [5, 5.41) is 12.6. The van der Waals surface area contributed by atoms with Gasteiger partial charge in [-0.3, -0.25) is 0 Å². The van der Waals surface area contributed by atoms with Crippen LogP contribution in [0.25, 0.3) is 10.9 Å². The Morgan fingerprint density at radius 3 is 2.83 bits per heavy atom. The molecule has 0 aliphatic carbocycles. The first-order valence-electron chi connectivity index (χ1n) is 6.20. The van der Waals surface area contributed by atoms with Crippen molar-refractivity contribution >= 4 is 16.6 Å². The Kier molecular flexibility index (Phi) is 3.77. The number of benzene rings is 1. The van der Waals surface area contributed by atoms with Crippen LogP contribution >= 0.6 is 0 Å². The maximum Gasteiger partial charge on any atom is 0.0950 e. The standard InChI is InChI=1S/C14H19N3O/c1-4-18-14(2,3)10-15-13-9-16-17-12-8-6-5-7-11(12)13/h5-9H,4,10H2,1-3H3,(H,15,17). The van der Waals surface area contributed by atoms with Gasteiger partial charge in [0.05, 0.1) is 23.0 Å². The number of hydrogen-bond acceptors (Lipinski definition) is 4. The zero-order chi connectivity index (χ0) is 13.0. The molecule has 0 saturated heterocycles. The van der Waals surface area contributed by atoms with Crippen LogP contribution in [-0.2, 0) is 4.74 Å². The molecule has 2 rings (SSSR count). The lowest BCUT2D eigenvalue weighted by atomic mass is 10.1. The molecular weight excluding hydrogens is 226 g/mol. The second-order valence-corrected chi connectivity index (χ2v) is 4.82. The molecule has 0 saturated carbocycles. The van der Waals surface area contributed by atoms with Gasteiger partial charge in [0.2, 0.25) is 0 Å². The Bertz CT molecular complexity index is 520. The highest BCUT2D eigenvalue weighted by Gasteiger charge is 2.17. The van der Waals surface area contributed by atoms with Crippen molar-refractivity contribution in [3.63, 3.8) is 0 Å². The third-order valence-electron chi connectivity index (χ3n) is 2.79. The normalized spacial score (nSPS) is 11.7. The minimum atomic E-state index is -0.195. The zero-order valence-electron chi connectivity index (χ0n) is 11.1. The maximum atomic E-state index is 5.66. The number of nitrogens with one attached hydrogen (secondary N) is 1. The van der Waals surface area contributed by atoms with E-state index in [-0.39, 0.29) is 5.60 Å². The molecule has 0 atom stereocenters. The summed E-state index contributed by atoms with van der Waals surface area (Å²) in [6.45, 7) is 7.59. The maximum absolute atomic E-state index is 5.66. The Hall–Kier alpha value is -1.68. The number of hydrogen-bond donors (Lipinski definition) is 1. The lowest BCUT2D eigenvalue weighted by Crippen LogP contribution is -2.33. The molecule has 1 N–H and O–H groups in total. The molecule has 18 heavy (non-hydrogen) atoms. The van der Waals surface area contributed by atoms with Gasteiger partial charge >= 0.3 is 0 Å². The van der Waals surface area contributed by atoms with Gasteiger partial charge in [0, 0.05) is 18.5 Å². The Morgan fingerprint density at radius 2 is 2.06 bits per heavy atom. The molecule has 1 aromatic carbocycles. The van der Waals surface area contributed by atoms with Gasteiger partial charge in [0.15, 0.2) is 0 Å². The van der Waals surface area contributed by atoms with E-state index in [0.29, 0.717) is 6.61 Å². The van der Waals surface area contributed by atoms with Crippen LogP contribution < -0.4 is 5.32 Å². The van der Waals surface area contributed by atoms with E-state index in [1.54, 1.807) is 6.20 Å². The van der Waals surface area contributed by atoms with Crippen LogP contribution in [-0.4, -0.2) is 29.0 Å². The van der Waals surface area contributed by atoms with Crippen LogP contribution in [0.2, 0.25) is 0 Å². The van der Waals surface area contributed by atoms with Crippen LogP contribution in [0.4, 0.5) is 5.69 Å². The molecule has 0 bridgehead atoms. The van der Waals surface area contributed by atoms with Crippen LogP contribution in [0.3, 0.4) is 0 Å². The molecule has 2 aromatic rings. The number of fused-ring (bicyclic) bond motifs is 1. The third-order valence-corrected chi connectivity index (χ3v) is 2.79. The van der Waals surface area contributed by atoms with Gasteiger partial charge in [-0.1, -0.05) is 18.2 Å². The van der Waals surface area contributed by atoms with E-state index in [9.17, 15) is 0 Å². The summed E-state index contributed by atoms with van der Waals surface area (Å²) >= 11 is 0.